The first-order valence-electron chi connectivity index (χ1n) is 10.6. The lowest BCUT2D eigenvalue weighted by atomic mass is 10.2. The molecule has 0 radical (unpaired) electrons. The monoisotopic (exact) mass is 443 g/mol. The second-order valence-corrected chi connectivity index (χ2v) is 8.32. The summed E-state index contributed by atoms with van der Waals surface area (Å²) in [5.41, 5.74) is 2.20. The van der Waals surface area contributed by atoms with Crippen molar-refractivity contribution in [3.63, 3.8) is 0 Å². The zero-order chi connectivity index (χ0) is 22.2. The van der Waals surface area contributed by atoms with Crippen molar-refractivity contribution >= 4 is 28.4 Å². The molecule has 0 saturated heterocycles. The van der Waals surface area contributed by atoms with E-state index in [0.717, 1.165) is 32.7 Å². The molecule has 0 fully saturated rings. The Labute approximate surface area is 192 Å². The molecule has 0 spiro atoms. The molecule has 1 aromatic heterocycles. The Morgan fingerprint density at radius 1 is 0.938 bits per heavy atom. The molecule has 0 aliphatic rings. The summed E-state index contributed by atoms with van der Waals surface area (Å²) in [6.45, 7) is 3.74. The maximum absolute atomic E-state index is 12.8. The maximum Gasteiger partial charge on any atom is 0.233 e. The molecule has 0 unspecified atom stereocenters. The third-order valence-electron chi connectivity index (χ3n) is 5.15. The lowest BCUT2D eigenvalue weighted by molar-refractivity contribution is -0.128. The van der Waals surface area contributed by atoms with E-state index in [-0.39, 0.29) is 5.91 Å². The van der Waals surface area contributed by atoms with Gasteiger partial charge in [-0.1, -0.05) is 78.5 Å². The number of carbonyl (C=O) groups excluding carboxylic acids is 1. The Bertz CT molecular complexity index is 1160. The Morgan fingerprint density at radius 2 is 1.69 bits per heavy atom. The Balaban J connectivity index is 1.32. The SMILES string of the molecule is CCN(Cc1ccc(OCc2ccccc2)cc1)C(=O)CSc1nncc2ccccc12. The van der Waals surface area contributed by atoms with Crippen LogP contribution in [0.15, 0.2) is 90.1 Å². The van der Waals surface area contributed by atoms with Crippen molar-refractivity contribution in [3.05, 3.63) is 96.2 Å². The van der Waals surface area contributed by atoms with E-state index in [1.165, 1.54) is 11.8 Å². The van der Waals surface area contributed by atoms with Crippen LogP contribution in [0.2, 0.25) is 0 Å². The van der Waals surface area contributed by atoms with Crippen LogP contribution in [-0.4, -0.2) is 33.3 Å². The molecule has 0 saturated carbocycles. The molecule has 5 nitrogen and oxygen atoms in total. The number of thioether (sulfide) groups is 1. The minimum Gasteiger partial charge on any atom is -0.489 e. The first kappa shape index (κ1) is 21.8. The standard InChI is InChI=1S/C26H25N3O2S/c1-2-29(25(30)19-32-26-24-11-7-6-10-22(24)16-27-28-26)17-20-12-14-23(15-13-20)31-18-21-8-4-3-5-9-21/h3-16H,2,17-19H2,1H3. The number of rotatable bonds is 9. The van der Waals surface area contributed by atoms with Gasteiger partial charge in [-0.2, -0.15) is 5.10 Å². The Hall–Kier alpha value is -3.38. The fourth-order valence-corrected chi connectivity index (χ4v) is 4.25. The summed E-state index contributed by atoms with van der Waals surface area (Å²) in [4.78, 5) is 14.7. The van der Waals surface area contributed by atoms with Crippen LogP contribution in [0, 0.1) is 0 Å². The van der Waals surface area contributed by atoms with Crippen molar-refractivity contribution < 1.29 is 9.53 Å². The molecule has 0 aliphatic carbocycles. The van der Waals surface area contributed by atoms with Crippen molar-refractivity contribution in [2.75, 3.05) is 12.3 Å². The molecule has 0 atom stereocenters. The van der Waals surface area contributed by atoms with Gasteiger partial charge in [-0.15, -0.1) is 5.10 Å². The highest BCUT2D eigenvalue weighted by Gasteiger charge is 2.14. The van der Waals surface area contributed by atoms with Crippen LogP contribution in [0.25, 0.3) is 10.8 Å². The molecule has 6 heteroatoms. The second kappa shape index (κ2) is 10.8. The van der Waals surface area contributed by atoms with Gasteiger partial charge in [-0.05, 0) is 30.2 Å². The van der Waals surface area contributed by atoms with E-state index < -0.39 is 0 Å². The molecule has 32 heavy (non-hydrogen) atoms. The summed E-state index contributed by atoms with van der Waals surface area (Å²) in [7, 11) is 0. The molecule has 3 aromatic carbocycles. The van der Waals surface area contributed by atoms with Gasteiger partial charge < -0.3 is 9.64 Å². The third-order valence-corrected chi connectivity index (χ3v) is 6.11. The van der Waals surface area contributed by atoms with Crippen LogP contribution >= 0.6 is 11.8 Å². The van der Waals surface area contributed by atoms with Crippen molar-refractivity contribution in [2.45, 2.75) is 25.1 Å². The van der Waals surface area contributed by atoms with Gasteiger partial charge in [-0.25, -0.2) is 0 Å². The van der Waals surface area contributed by atoms with E-state index in [0.29, 0.717) is 25.4 Å². The van der Waals surface area contributed by atoms with Crippen LogP contribution in [0.1, 0.15) is 18.1 Å². The Morgan fingerprint density at radius 3 is 2.47 bits per heavy atom. The number of nitrogens with zero attached hydrogens (tertiary/aromatic N) is 3. The van der Waals surface area contributed by atoms with Gasteiger partial charge in [0.2, 0.25) is 5.91 Å². The summed E-state index contributed by atoms with van der Waals surface area (Å²) in [5.74, 6) is 1.23. The van der Waals surface area contributed by atoms with Gasteiger partial charge in [-0.3, -0.25) is 4.79 Å². The number of aromatic nitrogens is 2. The number of amides is 1. The van der Waals surface area contributed by atoms with Gasteiger partial charge >= 0.3 is 0 Å². The van der Waals surface area contributed by atoms with Crippen LogP contribution < -0.4 is 4.74 Å². The maximum atomic E-state index is 12.8. The van der Waals surface area contributed by atoms with Crippen molar-refractivity contribution in [1.29, 1.82) is 0 Å². The van der Waals surface area contributed by atoms with Gasteiger partial charge in [0.15, 0.2) is 0 Å². The number of hydrogen-bond donors (Lipinski definition) is 0. The first-order chi connectivity index (χ1) is 15.7. The molecule has 0 N–H and O–H groups in total. The molecule has 1 heterocycles. The number of ether oxygens (including phenoxy) is 1. The minimum absolute atomic E-state index is 0.0802. The summed E-state index contributed by atoms with van der Waals surface area (Å²) < 4.78 is 5.85. The fourth-order valence-electron chi connectivity index (χ4n) is 3.36. The molecule has 0 bridgehead atoms. The average molecular weight is 444 g/mol. The van der Waals surface area contributed by atoms with Crippen LogP contribution in [-0.2, 0) is 17.9 Å². The zero-order valence-corrected chi connectivity index (χ0v) is 18.8. The van der Waals surface area contributed by atoms with Gasteiger partial charge in [0.1, 0.15) is 17.4 Å². The topological polar surface area (TPSA) is 55.3 Å². The van der Waals surface area contributed by atoms with Gasteiger partial charge in [0.25, 0.3) is 0 Å². The van der Waals surface area contributed by atoms with E-state index in [4.69, 9.17) is 4.74 Å². The number of hydrogen-bond acceptors (Lipinski definition) is 5. The van der Waals surface area contributed by atoms with E-state index in [2.05, 4.69) is 10.2 Å². The first-order valence-corrected chi connectivity index (χ1v) is 11.6. The highest BCUT2D eigenvalue weighted by molar-refractivity contribution is 8.00. The summed E-state index contributed by atoms with van der Waals surface area (Å²) >= 11 is 1.43. The van der Waals surface area contributed by atoms with Crippen molar-refractivity contribution in [2.24, 2.45) is 0 Å². The van der Waals surface area contributed by atoms with Crippen LogP contribution in [0.3, 0.4) is 0 Å². The van der Waals surface area contributed by atoms with Crippen LogP contribution in [0.4, 0.5) is 0 Å². The lowest BCUT2D eigenvalue weighted by Gasteiger charge is -2.21. The smallest absolute Gasteiger partial charge is 0.233 e. The van der Waals surface area contributed by atoms with Gasteiger partial charge in [0.05, 0.1) is 11.9 Å². The van der Waals surface area contributed by atoms with Crippen LogP contribution in [0.5, 0.6) is 5.75 Å². The normalized spacial score (nSPS) is 10.8. The van der Waals surface area contributed by atoms with E-state index >= 15 is 0 Å². The zero-order valence-electron chi connectivity index (χ0n) is 18.0. The summed E-state index contributed by atoms with van der Waals surface area (Å²) in [6.07, 6.45) is 1.74. The lowest BCUT2D eigenvalue weighted by Crippen LogP contribution is -2.31. The highest BCUT2D eigenvalue weighted by atomic mass is 32.2. The third kappa shape index (κ3) is 5.65. The van der Waals surface area contributed by atoms with Crippen molar-refractivity contribution in [1.82, 2.24) is 15.1 Å². The molecule has 162 valence electrons. The van der Waals surface area contributed by atoms with E-state index in [9.17, 15) is 4.79 Å². The van der Waals surface area contributed by atoms with E-state index in [1.54, 1.807) is 6.20 Å². The molecule has 4 aromatic rings. The Kier molecular flexibility index (Phi) is 7.35. The highest BCUT2D eigenvalue weighted by Crippen LogP contribution is 2.25. The fraction of sp³-hybridized carbons (Fsp3) is 0.192. The average Bonchev–Trinajstić information content (AvgIpc) is 2.86. The predicted molar refractivity (Wildman–Crippen MR) is 129 cm³/mol. The quantitative estimate of drug-likeness (QED) is 0.327. The second-order valence-electron chi connectivity index (χ2n) is 7.35. The number of fused-ring (bicyclic) bond motifs is 1. The predicted octanol–water partition coefficient (Wildman–Crippen LogP) is 5.35. The molecular formula is C26H25N3O2S. The number of benzene rings is 3. The largest absolute Gasteiger partial charge is 0.489 e. The molecule has 4 rings (SSSR count). The molecule has 1 amide bonds. The summed E-state index contributed by atoms with van der Waals surface area (Å²) in [6, 6.07) is 26.0. The van der Waals surface area contributed by atoms with E-state index in [1.807, 2.05) is 90.7 Å². The van der Waals surface area contributed by atoms with Crippen molar-refractivity contribution in [3.8, 4) is 5.75 Å². The number of carbonyl (C=O) groups is 1. The molecule has 0 aliphatic heterocycles. The van der Waals surface area contributed by atoms with Gasteiger partial charge in [0, 0.05) is 23.9 Å². The minimum atomic E-state index is 0.0802. The molecular weight excluding hydrogens is 418 g/mol. The summed E-state index contributed by atoms with van der Waals surface area (Å²) in [5, 5.41) is 11.1.